The lowest BCUT2D eigenvalue weighted by molar-refractivity contribution is -0.169. The Hall–Kier alpha value is -0.213. The van der Waals surface area contributed by atoms with Crippen molar-refractivity contribution < 1.29 is 28.2 Å². The first-order chi connectivity index (χ1) is 9.60. The van der Waals surface area contributed by atoms with E-state index in [4.69, 9.17) is 30.6 Å². The Balaban J connectivity index is 3.12. The third-order valence-electron chi connectivity index (χ3n) is 4.24. The van der Waals surface area contributed by atoms with E-state index in [1.165, 1.54) is 0 Å². The Bertz CT molecular complexity index is 433. The molecule has 1 aliphatic rings. The molecule has 0 radical (unpaired) electrons. The first-order valence-electron chi connectivity index (χ1n) is 7.21. The zero-order valence-corrected chi connectivity index (χ0v) is 16.0. The highest BCUT2D eigenvalue weighted by molar-refractivity contribution is 6.74. The minimum absolute atomic E-state index is 0.0258. The molecule has 1 aliphatic heterocycles. The van der Waals surface area contributed by atoms with Gasteiger partial charge in [0.15, 0.2) is 14.1 Å². The standard InChI is InChI=1S/C14H26ClFO5Si/c1-12(2,3)22(6,7)21-10(14(15,16)11(17)18)9-8-19-13(4,5)20-9/h9-10H,8H2,1-7H3,(H,17,18)/t9?,10-,14-/m1/s1. The number of alkyl halides is 2. The molecule has 22 heavy (non-hydrogen) atoms. The van der Waals surface area contributed by atoms with E-state index in [-0.39, 0.29) is 11.6 Å². The molecule has 1 fully saturated rings. The zero-order chi connectivity index (χ0) is 17.6. The number of ether oxygens (including phenoxy) is 2. The van der Waals surface area contributed by atoms with E-state index in [2.05, 4.69) is 0 Å². The van der Waals surface area contributed by atoms with Crippen LogP contribution in [0.3, 0.4) is 0 Å². The summed E-state index contributed by atoms with van der Waals surface area (Å²) in [5.41, 5.74) is 0. The Labute approximate surface area is 137 Å². The van der Waals surface area contributed by atoms with Gasteiger partial charge in [0.05, 0.1) is 6.61 Å². The lowest BCUT2D eigenvalue weighted by Gasteiger charge is -2.42. The van der Waals surface area contributed by atoms with Crippen LogP contribution in [0.15, 0.2) is 0 Å². The first-order valence-corrected chi connectivity index (χ1v) is 10.5. The van der Waals surface area contributed by atoms with Crippen LogP contribution in [0, 0.1) is 0 Å². The van der Waals surface area contributed by atoms with Gasteiger partial charge in [-0.05, 0) is 32.0 Å². The fourth-order valence-corrected chi connectivity index (χ4v) is 3.43. The molecule has 1 saturated heterocycles. The van der Waals surface area contributed by atoms with Crippen LogP contribution in [0.2, 0.25) is 18.1 Å². The van der Waals surface area contributed by atoms with E-state index in [9.17, 15) is 9.18 Å². The molecular formula is C14H26ClFO5Si. The number of carbonyl (C=O) groups is 1. The van der Waals surface area contributed by atoms with Crippen LogP contribution in [0.5, 0.6) is 0 Å². The number of aliphatic carboxylic acids is 1. The lowest BCUT2D eigenvalue weighted by Crippen LogP contribution is -2.56. The summed E-state index contributed by atoms with van der Waals surface area (Å²) in [5, 5.41) is 5.82. The largest absolute Gasteiger partial charge is 0.478 e. The second-order valence-electron chi connectivity index (χ2n) is 7.59. The number of rotatable bonds is 5. The van der Waals surface area contributed by atoms with Gasteiger partial charge in [0.1, 0.15) is 12.2 Å². The highest BCUT2D eigenvalue weighted by Gasteiger charge is 2.56. The molecule has 5 nitrogen and oxygen atoms in total. The normalized spacial score (nSPS) is 26.5. The molecule has 3 atom stereocenters. The molecule has 1 heterocycles. The van der Waals surface area contributed by atoms with Crippen LogP contribution in [-0.2, 0) is 18.7 Å². The molecule has 0 aromatic heterocycles. The second-order valence-corrected chi connectivity index (χ2v) is 12.9. The molecule has 0 aromatic carbocycles. The van der Waals surface area contributed by atoms with Crippen molar-refractivity contribution in [3.63, 3.8) is 0 Å². The minimum atomic E-state index is -3.08. The van der Waals surface area contributed by atoms with Crippen LogP contribution in [0.1, 0.15) is 34.6 Å². The van der Waals surface area contributed by atoms with Gasteiger partial charge >= 0.3 is 11.1 Å². The Kier molecular flexibility index (Phi) is 5.42. The Morgan fingerprint density at radius 2 is 1.95 bits per heavy atom. The second kappa shape index (κ2) is 6.01. The molecule has 0 bridgehead atoms. The van der Waals surface area contributed by atoms with Crippen molar-refractivity contribution in [1.29, 1.82) is 0 Å². The van der Waals surface area contributed by atoms with Gasteiger partial charge in [-0.15, -0.1) is 0 Å². The van der Waals surface area contributed by atoms with Gasteiger partial charge < -0.3 is 19.0 Å². The molecule has 0 saturated carbocycles. The predicted octanol–water partition coefficient (Wildman–Crippen LogP) is 3.52. The van der Waals surface area contributed by atoms with E-state index in [1.807, 2.05) is 33.9 Å². The maximum atomic E-state index is 14.6. The summed E-state index contributed by atoms with van der Waals surface area (Å²) in [6, 6.07) is 0. The number of halogens is 2. The fourth-order valence-electron chi connectivity index (χ4n) is 1.86. The van der Waals surface area contributed by atoms with Crippen LogP contribution >= 0.6 is 11.6 Å². The summed E-state index contributed by atoms with van der Waals surface area (Å²) in [6.45, 7) is 13.1. The van der Waals surface area contributed by atoms with Crippen molar-refractivity contribution in [3.8, 4) is 0 Å². The highest BCUT2D eigenvalue weighted by atomic mass is 35.5. The SMILES string of the molecule is CC1(C)OCC([C@@H](O[Si](C)(C)C(C)(C)C)[C@](F)(Cl)C(=O)O)O1. The van der Waals surface area contributed by atoms with Crippen molar-refractivity contribution in [2.45, 2.75) is 75.9 Å². The van der Waals surface area contributed by atoms with Crippen molar-refractivity contribution >= 4 is 25.9 Å². The fraction of sp³-hybridized carbons (Fsp3) is 0.929. The average Bonchev–Trinajstić information content (AvgIpc) is 2.64. The molecular weight excluding hydrogens is 331 g/mol. The molecule has 8 heteroatoms. The van der Waals surface area contributed by atoms with Crippen LogP contribution < -0.4 is 0 Å². The van der Waals surface area contributed by atoms with Gasteiger partial charge in [-0.2, -0.15) is 0 Å². The predicted molar refractivity (Wildman–Crippen MR) is 84.3 cm³/mol. The molecule has 1 rings (SSSR count). The van der Waals surface area contributed by atoms with Gasteiger partial charge in [0, 0.05) is 0 Å². The van der Waals surface area contributed by atoms with Crippen molar-refractivity contribution in [3.05, 3.63) is 0 Å². The summed E-state index contributed by atoms with van der Waals surface area (Å²) >= 11 is 5.66. The van der Waals surface area contributed by atoms with Gasteiger partial charge in [0.25, 0.3) is 0 Å². The molecule has 0 spiro atoms. The van der Waals surface area contributed by atoms with E-state index in [1.54, 1.807) is 13.8 Å². The van der Waals surface area contributed by atoms with Gasteiger partial charge in [-0.3, -0.25) is 0 Å². The van der Waals surface area contributed by atoms with Gasteiger partial charge in [-0.1, -0.05) is 32.4 Å². The molecule has 0 aliphatic carbocycles. The van der Waals surface area contributed by atoms with Gasteiger partial charge in [-0.25, -0.2) is 9.18 Å². The minimum Gasteiger partial charge on any atom is -0.478 e. The summed E-state index contributed by atoms with van der Waals surface area (Å²) in [4.78, 5) is 11.2. The van der Waals surface area contributed by atoms with E-state index in [0.29, 0.717) is 0 Å². The Morgan fingerprint density at radius 3 is 2.27 bits per heavy atom. The number of carboxylic acid groups (broad SMARTS) is 1. The molecule has 0 aromatic rings. The van der Waals surface area contributed by atoms with E-state index in [0.717, 1.165) is 0 Å². The van der Waals surface area contributed by atoms with Crippen LogP contribution in [-0.4, -0.2) is 49.1 Å². The summed E-state index contributed by atoms with van der Waals surface area (Å²) in [6.07, 6.45) is -2.34. The van der Waals surface area contributed by atoms with Crippen molar-refractivity contribution in [2.24, 2.45) is 0 Å². The molecule has 130 valence electrons. The maximum Gasteiger partial charge on any atom is 0.360 e. The topological polar surface area (TPSA) is 65.0 Å². The monoisotopic (exact) mass is 356 g/mol. The third kappa shape index (κ3) is 4.20. The maximum absolute atomic E-state index is 14.6. The van der Waals surface area contributed by atoms with E-state index >= 15 is 0 Å². The zero-order valence-electron chi connectivity index (χ0n) is 14.2. The highest BCUT2D eigenvalue weighted by Crippen LogP contribution is 2.42. The van der Waals surface area contributed by atoms with Gasteiger partial charge in [0.2, 0.25) is 0 Å². The molecule has 1 unspecified atom stereocenters. The molecule has 0 amide bonds. The number of carboxylic acids is 1. The number of hydrogen-bond donors (Lipinski definition) is 1. The van der Waals surface area contributed by atoms with Crippen LogP contribution in [0.4, 0.5) is 4.39 Å². The lowest BCUT2D eigenvalue weighted by atomic mass is 10.1. The quantitative estimate of drug-likeness (QED) is 0.603. The summed E-state index contributed by atoms with van der Waals surface area (Å²) < 4.78 is 31.6. The first kappa shape index (κ1) is 19.8. The average molecular weight is 357 g/mol. The van der Waals surface area contributed by atoms with Crippen molar-refractivity contribution in [1.82, 2.24) is 0 Å². The van der Waals surface area contributed by atoms with Crippen LogP contribution in [0.25, 0.3) is 0 Å². The number of hydrogen-bond acceptors (Lipinski definition) is 4. The summed E-state index contributed by atoms with van der Waals surface area (Å²) in [7, 11) is -2.46. The van der Waals surface area contributed by atoms with E-state index < -0.39 is 37.4 Å². The smallest absolute Gasteiger partial charge is 0.360 e. The summed E-state index contributed by atoms with van der Waals surface area (Å²) in [5.74, 6) is -2.71. The van der Waals surface area contributed by atoms with Crippen molar-refractivity contribution in [2.75, 3.05) is 6.61 Å². The third-order valence-corrected chi connectivity index (χ3v) is 9.07. The Morgan fingerprint density at radius 1 is 1.45 bits per heavy atom. The molecule has 1 N–H and O–H groups in total.